The van der Waals surface area contributed by atoms with Crippen LogP contribution < -0.4 is 26.4 Å². The molecule has 43 heavy (non-hydrogen) atoms. The number of benzene rings is 1. The minimum absolute atomic E-state index is 0. The molecule has 1 aliphatic carbocycles. The largest absolute Gasteiger partial charge is 0.493 e. The molecular weight excluding hydrogens is 550 g/mol. The Hall–Kier alpha value is -2.40. The van der Waals surface area contributed by atoms with E-state index >= 15 is 0 Å². The maximum absolute atomic E-state index is 13.1. The van der Waals surface area contributed by atoms with Gasteiger partial charge in [0, 0.05) is 32.6 Å². The number of ether oxygens (including phenoxy) is 3. The molecule has 1 aromatic carbocycles. The Kier molecular flexibility index (Phi) is 18.7. The van der Waals surface area contributed by atoms with Crippen LogP contribution in [0.1, 0.15) is 86.1 Å². The monoisotopic (exact) mass is 611 g/mol. The van der Waals surface area contributed by atoms with Crippen molar-refractivity contribution in [2.24, 2.45) is 46.6 Å². The van der Waals surface area contributed by atoms with Gasteiger partial charge in [0.1, 0.15) is 0 Å². The van der Waals surface area contributed by atoms with Crippen LogP contribution in [0, 0.1) is 35.0 Å². The molecule has 10 nitrogen and oxygen atoms in total. The first-order valence-electron chi connectivity index (χ1n) is 15.0. The number of carbonyl (C=O) groups is 2. The van der Waals surface area contributed by atoms with Crippen molar-refractivity contribution in [1.82, 2.24) is 5.32 Å². The smallest absolute Gasteiger partial charge is 0.224 e. The molecule has 250 valence electrons. The van der Waals surface area contributed by atoms with E-state index in [2.05, 4.69) is 42.0 Å². The number of aliphatic hydroxyl groups is 1. The molecule has 2 rings (SSSR count). The molecule has 10 heteroatoms. The third kappa shape index (κ3) is 12.6. The molecular formula is C33H61N3O7. The molecule has 3 unspecified atom stereocenters. The standard InChI is InChI=1S/C31H52N2O6.CH5NO.CH4/c1-19(2)23-14-22(26(34)17-24(20(3)4)29(35)33-18-31(5,6)30(32)36)15-25(23)21-10-11-27(38-8)28(16-21)39-13-9-12-37-7;1-3-2;/h10-11,16,19-20,22-26,34H,9,12-15,17-18H2,1-8H3,(H2,32,36)(H,33,35);2H2,1H3;1H4/t22-,23?,24?,25+,26?;;/m1../s1. The second-order valence-electron chi connectivity index (χ2n) is 12.7. The first kappa shape index (κ1) is 40.6. The molecule has 1 fully saturated rings. The Morgan fingerprint density at radius 2 is 1.70 bits per heavy atom. The fourth-order valence-corrected chi connectivity index (χ4v) is 5.63. The van der Waals surface area contributed by atoms with Gasteiger partial charge in [-0.15, -0.1) is 0 Å². The normalized spacial score (nSPS) is 19.6. The van der Waals surface area contributed by atoms with Crippen LogP contribution in [-0.2, 0) is 19.2 Å². The maximum Gasteiger partial charge on any atom is 0.224 e. The summed E-state index contributed by atoms with van der Waals surface area (Å²) in [5.41, 5.74) is 5.83. The summed E-state index contributed by atoms with van der Waals surface area (Å²) in [6.07, 6.45) is 2.34. The number of hydrogen-bond acceptors (Lipinski definition) is 8. The van der Waals surface area contributed by atoms with E-state index in [1.54, 1.807) is 28.1 Å². The van der Waals surface area contributed by atoms with Gasteiger partial charge in [-0.1, -0.05) is 41.2 Å². The Morgan fingerprint density at radius 1 is 1.07 bits per heavy atom. The Morgan fingerprint density at radius 3 is 2.21 bits per heavy atom. The van der Waals surface area contributed by atoms with E-state index < -0.39 is 17.4 Å². The van der Waals surface area contributed by atoms with Gasteiger partial charge in [-0.2, -0.15) is 0 Å². The van der Waals surface area contributed by atoms with E-state index in [1.807, 2.05) is 19.9 Å². The molecule has 0 saturated heterocycles. The van der Waals surface area contributed by atoms with Crippen LogP contribution in [-0.4, -0.2) is 64.1 Å². The van der Waals surface area contributed by atoms with Gasteiger partial charge >= 0.3 is 0 Å². The molecule has 1 aromatic rings. The van der Waals surface area contributed by atoms with Crippen molar-refractivity contribution in [3.8, 4) is 11.5 Å². The predicted octanol–water partition coefficient (Wildman–Crippen LogP) is 4.67. The third-order valence-corrected chi connectivity index (χ3v) is 8.42. The topological polar surface area (TPSA) is 155 Å². The molecule has 5 atom stereocenters. The molecule has 0 aliphatic heterocycles. The lowest BCUT2D eigenvalue weighted by atomic mass is 9.82. The number of carbonyl (C=O) groups excluding carboxylic acids is 2. The molecule has 0 spiro atoms. The maximum atomic E-state index is 13.1. The van der Waals surface area contributed by atoms with Gasteiger partial charge in [-0.25, -0.2) is 5.90 Å². The second-order valence-corrected chi connectivity index (χ2v) is 12.7. The summed E-state index contributed by atoms with van der Waals surface area (Å²) in [5, 5.41) is 14.3. The fourth-order valence-electron chi connectivity index (χ4n) is 5.63. The summed E-state index contributed by atoms with van der Waals surface area (Å²) in [6, 6.07) is 6.17. The van der Waals surface area contributed by atoms with E-state index in [0.29, 0.717) is 37.2 Å². The SMILES string of the molecule is C.COCCCOc1cc([C@@H]2C[C@H](C(O)CC(C(=O)NCC(C)(C)C(N)=O)C(C)C)CC2C(C)C)ccc1OC.CON. The zero-order valence-electron chi connectivity index (χ0n) is 27.3. The molecule has 0 aromatic heterocycles. The van der Waals surface area contributed by atoms with Crippen molar-refractivity contribution in [2.75, 3.05) is 41.1 Å². The molecule has 1 saturated carbocycles. The highest BCUT2D eigenvalue weighted by Crippen LogP contribution is 2.49. The highest BCUT2D eigenvalue weighted by molar-refractivity contribution is 5.83. The van der Waals surface area contributed by atoms with Crippen LogP contribution in [0.3, 0.4) is 0 Å². The van der Waals surface area contributed by atoms with Crippen LogP contribution in [0.25, 0.3) is 0 Å². The van der Waals surface area contributed by atoms with Gasteiger partial charge in [-0.05, 0) is 80.4 Å². The quantitative estimate of drug-likeness (QED) is 0.155. The predicted molar refractivity (Wildman–Crippen MR) is 172 cm³/mol. The zero-order valence-corrected chi connectivity index (χ0v) is 27.3. The Balaban J connectivity index is 0.00000422. The van der Waals surface area contributed by atoms with Crippen molar-refractivity contribution >= 4 is 11.8 Å². The van der Waals surface area contributed by atoms with E-state index in [1.165, 1.54) is 12.7 Å². The number of methoxy groups -OCH3 is 2. The summed E-state index contributed by atoms with van der Waals surface area (Å²) < 4.78 is 16.7. The third-order valence-electron chi connectivity index (χ3n) is 8.42. The summed E-state index contributed by atoms with van der Waals surface area (Å²) in [5.74, 6) is 6.10. The first-order chi connectivity index (χ1) is 19.7. The van der Waals surface area contributed by atoms with Crippen molar-refractivity contribution in [1.29, 1.82) is 0 Å². The van der Waals surface area contributed by atoms with Crippen LogP contribution in [0.15, 0.2) is 18.2 Å². The molecule has 0 bridgehead atoms. The number of rotatable bonds is 16. The van der Waals surface area contributed by atoms with E-state index in [9.17, 15) is 14.7 Å². The van der Waals surface area contributed by atoms with Gasteiger partial charge in [0.15, 0.2) is 11.5 Å². The van der Waals surface area contributed by atoms with Gasteiger partial charge in [0.05, 0.1) is 32.3 Å². The van der Waals surface area contributed by atoms with Crippen molar-refractivity contribution in [3.05, 3.63) is 23.8 Å². The molecule has 2 amide bonds. The average Bonchev–Trinajstić information content (AvgIpc) is 3.39. The van der Waals surface area contributed by atoms with Crippen LogP contribution in [0.2, 0.25) is 0 Å². The first-order valence-corrected chi connectivity index (χ1v) is 15.0. The summed E-state index contributed by atoms with van der Waals surface area (Å²) >= 11 is 0. The minimum atomic E-state index is -0.830. The summed E-state index contributed by atoms with van der Waals surface area (Å²) in [4.78, 5) is 28.5. The highest BCUT2D eigenvalue weighted by Gasteiger charge is 2.41. The average molecular weight is 612 g/mol. The number of aliphatic hydroxyl groups excluding tert-OH is 1. The lowest BCUT2D eigenvalue weighted by Crippen LogP contribution is -2.45. The second kappa shape index (κ2) is 19.8. The number of nitrogens with two attached hydrogens (primary N) is 2. The molecule has 0 radical (unpaired) electrons. The Bertz CT molecular complexity index is 954. The Labute approximate surface area is 260 Å². The lowest BCUT2D eigenvalue weighted by Gasteiger charge is -2.28. The molecule has 1 aliphatic rings. The lowest BCUT2D eigenvalue weighted by molar-refractivity contribution is -0.130. The van der Waals surface area contributed by atoms with E-state index in [4.69, 9.17) is 19.9 Å². The molecule has 0 heterocycles. The van der Waals surface area contributed by atoms with Crippen LogP contribution in [0.4, 0.5) is 0 Å². The van der Waals surface area contributed by atoms with Crippen LogP contribution in [0.5, 0.6) is 11.5 Å². The highest BCUT2D eigenvalue weighted by atomic mass is 16.6. The summed E-state index contributed by atoms with van der Waals surface area (Å²) in [7, 11) is 4.73. The van der Waals surface area contributed by atoms with Gasteiger partial charge < -0.3 is 35.2 Å². The van der Waals surface area contributed by atoms with Crippen molar-refractivity contribution < 1.29 is 33.7 Å². The number of amides is 2. The summed E-state index contributed by atoms with van der Waals surface area (Å²) in [6.45, 7) is 13.3. The van der Waals surface area contributed by atoms with Crippen molar-refractivity contribution in [3.63, 3.8) is 0 Å². The minimum Gasteiger partial charge on any atom is -0.493 e. The number of nitrogens with one attached hydrogen (secondary N) is 1. The van der Waals surface area contributed by atoms with Crippen LogP contribution >= 0.6 is 0 Å². The van der Waals surface area contributed by atoms with E-state index in [0.717, 1.165) is 25.0 Å². The number of primary amides is 1. The van der Waals surface area contributed by atoms with Gasteiger partial charge in [-0.3, -0.25) is 9.59 Å². The van der Waals surface area contributed by atoms with Gasteiger partial charge in [0.2, 0.25) is 11.8 Å². The zero-order chi connectivity index (χ0) is 32.0. The molecule has 6 N–H and O–H groups in total. The van der Waals surface area contributed by atoms with E-state index in [-0.39, 0.29) is 43.6 Å². The fraction of sp³-hybridized carbons (Fsp3) is 0.758. The van der Waals surface area contributed by atoms with Gasteiger partial charge in [0.25, 0.3) is 0 Å². The van der Waals surface area contributed by atoms with Crippen molar-refractivity contribution in [2.45, 2.75) is 86.7 Å². The number of hydrogen-bond donors (Lipinski definition) is 4.